The van der Waals surface area contributed by atoms with Gasteiger partial charge in [-0.1, -0.05) is 37.4 Å². The largest absolute Gasteiger partial charge is 0.459 e. The second-order valence-electron chi connectivity index (χ2n) is 10.3. The van der Waals surface area contributed by atoms with E-state index < -0.39 is 35.8 Å². The lowest BCUT2D eigenvalue weighted by Gasteiger charge is -2.07. The van der Waals surface area contributed by atoms with Crippen molar-refractivity contribution in [2.75, 3.05) is 26.4 Å². The van der Waals surface area contributed by atoms with Gasteiger partial charge in [-0.25, -0.2) is 28.8 Å². The highest BCUT2D eigenvalue weighted by Gasteiger charge is 2.13. The molecule has 0 N–H and O–H groups in total. The zero-order valence-corrected chi connectivity index (χ0v) is 27.4. The third-order valence-corrected chi connectivity index (χ3v) is 6.18. The van der Waals surface area contributed by atoms with Crippen molar-refractivity contribution in [2.45, 2.75) is 13.8 Å². The Morgan fingerprint density at radius 1 is 0.500 bits per heavy atom. The first-order valence-corrected chi connectivity index (χ1v) is 15.0. The first-order valence-electron chi connectivity index (χ1n) is 15.0. The van der Waals surface area contributed by atoms with Gasteiger partial charge in [-0.05, 0) is 85.7 Å². The highest BCUT2D eigenvalue weighted by molar-refractivity contribution is 5.95. The van der Waals surface area contributed by atoms with Crippen molar-refractivity contribution in [2.24, 2.45) is 0 Å². The molecule has 3 aromatic carbocycles. The number of benzene rings is 3. The number of esters is 6. The summed E-state index contributed by atoms with van der Waals surface area (Å²) in [6, 6.07) is 18.4. The lowest BCUT2D eigenvalue weighted by Crippen LogP contribution is -2.13. The van der Waals surface area contributed by atoms with Gasteiger partial charge in [0, 0.05) is 23.3 Å². The van der Waals surface area contributed by atoms with Gasteiger partial charge in [0.1, 0.15) is 37.9 Å². The maximum Gasteiger partial charge on any atom is 0.343 e. The summed E-state index contributed by atoms with van der Waals surface area (Å²) in [4.78, 5) is 71.5. The maximum absolute atomic E-state index is 12.6. The van der Waals surface area contributed by atoms with Crippen molar-refractivity contribution in [3.63, 3.8) is 0 Å². The standard InChI is InChI=1S/C38H34O12/c1-25(2)35(41)47-23-21-45-33(39)19-9-27-5-15-31(16-6-27)49-37(43)29-11-13-30(14-12-29)38(44)50-32-17-7-28(8-18-32)10-20-34(40)46-22-24-48-36(42)26(3)4/h5-20H,1,3,21-24H2,2,4H3/b19-9+,20-10+. The first kappa shape index (κ1) is 37.9. The van der Waals surface area contributed by atoms with Gasteiger partial charge in [0.15, 0.2) is 0 Å². The lowest BCUT2D eigenvalue weighted by molar-refractivity contribution is -0.146. The lowest BCUT2D eigenvalue weighted by atomic mass is 10.1. The Labute approximate surface area is 288 Å². The minimum Gasteiger partial charge on any atom is -0.459 e. The molecule has 0 fully saturated rings. The molecule has 0 aromatic heterocycles. The van der Waals surface area contributed by atoms with Crippen LogP contribution in [0.5, 0.6) is 11.5 Å². The molecule has 0 unspecified atom stereocenters. The van der Waals surface area contributed by atoms with Crippen LogP contribution in [-0.4, -0.2) is 62.2 Å². The molecule has 0 heterocycles. The Morgan fingerprint density at radius 2 is 0.820 bits per heavy atom. The fourth-order valence-corrected chi connectivity index (χ4v) is 3.59. The fourth-order valence-electron chi connectivity index (χ4n) is 3.59. The van der Waals surface area contributed by atoms with E-state index in [9.17, 15) is 28.8 Å². The molecule has 0 atom stereocenters. The van der Waals surface area contributed by atoms with Crippen LogP contribution in [0.2, 0.25) is 0 Å². The van der Waals surface area contributed by atoms with Crippen molar-refractivity contribution in [3.8, 4) is 11.5 Å². The van der Waals surface area contributed by atoms with E-state index in [4.69, 9.17) is 28.4 Å². The van der Waals surface area contributed by atoms with E-state index in [0.717, 1.165) is 0 Å². The van der Waals surface area contributed by atoms with Crippen LogP contribution < -0.4 is 9.47 Å². The van der Waals surface area contributed by atoms with Gasteiger partial charge in [0.05, 0.1) is 11.1 Å². The van der Waals surface area contributed by atoms with Crippen LogP contribution in [0.25, 0.3) is 12.2 Å². The monoisotopic (exact) mass is 682 g/mol. The van der Waals surface area contributed by atoms with E-state index in [1.54, 1.807) is 48.5 Å². The number of ether oxygens (including phenoxy) is 6. The average molecular weight is 683 g/mol. The van der Waals surface area contributed by atoms with E-state index in [0.29, 0.717) is 11.1 Å². The summed E-state index contributed by atoms with van der Waals surface area (Å²) in [5, 5.41) is 0. The minimum atomic E-state index is -0.650. The van der Waals surface area contributed by atoms with Gasteiger partial charge < -0.3 is 28.4 Å². The highest BCUT2D eigenvalue weighted by atomic mass is 16.6. The van der Waals surface area contributed by atoms with Gasteiger partial charge in [0.2, 0.25) is 0 Å². The van der Waals surface area contributed by atoms with E-state index in [1.807, 2.05) is 0 Å². The topological polar surface area (TPSA) is 158 Å². The molecular formula is C38H34O12. The van der Waals surface area contributed by atoms with E-state index in [-0.39, 0.29) is 60.2 Å². The van der Waals surface area contributed by atoms with Crippen LogP contribution in [0.4, 0.5) is 0 Å². The molecule has 0 aliphatic carbocycles. The molecule has 0 radical (unpaired) electrons. The Hall–Kier alpha value is -6.56. The van der Waals surface area contributed by atoms with Gasteiger partial charge in [-0.15, -0.1) is 0 Å². The second kappa shape index (κ2) is 19.3. The van der Waals surface area contributed by atoms with Crippen molar-refractivity contribution in [1.29, 1.82) is 0 Å². The van der Waals surface area contributed by atoms with Crippen LogP contribution in [0.3, 0.4) is 0 Å². The van der Waals surface area contributed by atoms with E-state index in [2.05, 4.69) is 13.2 Å². The van der Waals surface area contributed by atoms with Crippen molar-refractivity contribution in [1.82, 2.24) is 0 Å². The summed E-state index contributed by atoms with van der Waals surface area (Å²) in [6.45, 7) is 9.56. The van der Waals surface area contributed by atoms with Gasteiger partial charge in [0.25, 0.3) is 0 Å². The van der Waals surface area contributed by atoms with Gasteiger partial charge in [-0.3, -0.25) is 0 Å². The average Bonchev–Trinajstić information content (AvgIpc) is 3.11. The molecule has 0 saturated heterocycles. The Kier molecular flexibility index (Phi) is 14.6. The van der Waals surface area contributed by atoms with Crippen LogP contribution in [0.1, 0.15) is 45.7 Å². The van der Waals surface area contributed by atoms with Crippen LogP contribution in [0.15, 0.2) is 109 Å². The molecule has 0 amide bonds. The summed E-state index contributed by atoms with van der Waals surface area (Å²) < 4.78 is 30.4. The molecule has 0 aliphatic rings. The molecule has 50 heavy (non-hydrogen) atoms. The van der Waals surface area contributed by atoms with Crippen LogP contribution in [-0.2, 0) is 38.1 Å². The third-order valence-electron chi connectivity index (χ3n) is 6.18. The van der Waals surface area contributed by atoms with Crippen molar-refractivity contribution in [3.05, 3.63) is 132 Å². The summed E-state index contributed by atoms with van der Waals surface area (Å²) >= 11 is 0. The third kappa shape index (κ3) is 13.3. The van der Waals surface area contributed by atoms with Crippen molar-refractivity contribution >= 4 is 48.0 Å². The normalized spacial score (nSPS) is 10.6. The predicted octanol–water partition coefficient (Wildman–Crippen LogP) is 5.48. The Bertz CT molecular complexity index is 1650. The molecule has 3 aromatic rings. The predicted molar refractivity (Wildman–Crippen MR) is 181 cm³/mol. The zero-order chi connectivity index (χ0) is 36.5. The van der Waals surface area contributed by atoms with Gasteiger partial charge in [-0.2, -0.15) is 0 Å². The molecule has 0 bridgehead atoms. The smallest absolute Gasteiger partial charge is 0.343 e. The second-order valence-corrected chi connectivity index (χ2v) is 10.3. The van der Waals surface area contributed by atoms with E-state index >= 15 is 0 Å². The zero-order valence-electron chi connectivity index (χ0n) is 27.4. The van der Waals surface area contributed by atoms with Crippen LogP contribution in [0, 0.1) is 0 Å². The SMILES string of the molecule is C=C(C)C(=O)OCCOC(=O)/C=C/c1ccc(OC(=O)c2ccc(C(=O)Oc3ccc(/C=C/C(=O)OCCOC(=O)C(=C)C)cc3)cc2)cc1. The summed E-state index contributed by atoms with van der Waals surface area (Å²) in [7, 11) is 0. The Morgan fingerprint density at radius 3 is 1.14 bits per heavy atom. The summed E-state index contributed by atoms with van der Waals surface area (Å²) in [6.07, 6.45) is 5.43. The Balaban J connectivity index is 1.42. The molecule has 0 spiro atoms. The number of hydrogen-bond donors (Lipinski definition) is 0. The maximum atomic E-state index is 12.6. The molecule has 3 rings (SSSR count). The highest BCUT2D eigenvalue weighted by Crippen LogP contribution is 2.18. The molecule has 0 saturated carbocycles. The van der Waals surface area contributed by atoms with Crippen LogP contribution >= 0.6 is 0 Å². The molecular weight excluding hydrogens is 648 g/mol. The number of rotatable bonds is 16. The number of carbonyl (C=O) groups is 6. The van der Waals surface area contributed by atoms with Crippen molar-refractivity contribution < 1.29 is 57.2 Å². The summed E-state index contributed by atoms with van der Waals surface area (Å²) in [5.41, 5.74) is 2.17. The molecule has 0 aliphatic heterocycles. The number of carbonyl (C=O) groups excluding carboxylic acids is 6. The quantitative estimate of drug-likeness (QED) is 0.0617. The molecule has 12 heteroatoms. The fraction of sp³-hybridized carbons (Fsp3) is 0.158. The van der Waals surface area contributed by atoms with Gasteiger partial charge >= 0.3 is 35.8 Å². The first-order chi connectivity index (χ1) is 23.9. The minimum absolute atomic E-state index is 0.0866. The van der Waals surface area contributed by atoms with E-state index in [1.165, 1.54) is 62.4 Å². The molecule has 258 valence electrons. The molecule has 12 nitrogen and oxygen atoms in total. The number of hydrogen-bond acceptors (Lipinski definition) is 12. The summed E-state index contributed by atoms with van der Waals surface area (Å²) in [5.74, 6) is -3.16.